The summed E-state index contributed by atoms with van der Waals surface area (Å²) < 4.78 is 15.0. The topological polar surface area (TPSA) is 68.9 Å². The van der Waals surface area contributed by atoms with Gasteiger partial charge in [0.2, 0.25) is 0 Å². The Labute approximate surface area is 104 Å². The lowest BCUT2D eigenvalue weighted by molar-refractivity contribution is -0.133. The molecule has 0 aliphatic heterocycles. The Kier molecular flexibility index (Phi) is 3.52. The summed E-state index contributed by atoms with van der Waals surface area (Å²) in [5.41, 5.74) is 0. The van der Waals surface area contributed by atoms with E-state index in [4.69, 9.17) is 13.9 Å². The number of phenolic OH excluding ortho intramolecular Hbond substituents is 1. The number of hydrogen-bond acceptors (Lipinski definition) is 5. The van der Waals surface area contributed by atoms with Crippen molar-refractivity contribution in [2.75, 3.05) is 7.11 Å². The summed E-state index contributed by atoms with van der Waals surface area (Å²) in [6.07, 6.45) is 1.53. The van der Waals surface area contributed by atoms with Crippen LogP contribution in [-0.2, 0) is 11.2 Å². The second-order valence-corrected chi connectivity index (χ2v) is 3.56. The summed E-state index contributed by atoms with van der Waals surface area (Å²) >= 11 is 0. The van der Waals surface area contributed by atoms with Crippen LogP contribution in [0, 0.1) is 0 Å². The first kappa shape index (κ1) is 12.0. The van der Waals surface area contributed by atoms with Crippen molar-refractivity contribution in [3.63, 3.8) is 0 Å². The zero-order chi connectivity index (χ0) is 13.0. The van der Waals surface area contributed by atoms with E-state index >= 15 is 0 Å². The molecule has 0 spiro atoms. The number of carbonyl (C=O) groups excluding carboxylic acids is 1. The van der Waals surface area contributed by atoms with Gasteiger partial charge in [-0.2, -0.15) is 0 Å². The zero-order valence-electron chi connectivity index (χ0n) is 9.75. The Hall–Kier alpha value is -2.43. The summed E-state index contributed by atoms with van der Waals surface area (Å²) in [7, 11) is 1.44. The molecule has 5 nitrogen and oxygen atoms in total. The molecule has 0 amide bonds. The van der Waals surface area contributed by atoms with Gasteiger partial charge in [0.05, 0.1) is 13.4 Å². The van der Waals surface area contributed by atoms with Gasteiger partial charge >= 0.3 is 5.97 Å². The van der Waals surface area contributed by atoms with E-state index in [0.29, 0.717) is 11.5 Å². The summed E-state index contributed by atoms with van der Waals surface area (Å²) in [5, 5.41) is 9.53. The number of phenols is 1. The fourth-order valence-corrected chi connectivity index (χ4v) is 1.46. The van der Waals surface area contributed by atoms with Gasteiger partial charge in [-0.3, -0.25) is 4.79 Å². The Morgan fingerprint density at radius 3 is 2.83 bits per heavy atom. The van der Waals surface area contributed by atoms with Gasteiger partial charge in [-0.05, 0) is 24.3 Å². The molecule has 0 radical (unpaired) electrons. The highest BCUT2D eigenvalue weighted by Gasteiger charge is 2.10. The third-order valence-corrected chi connectivity index (χ3v) is 2.28. The van der Waals surface area contributed by atoms with Crippen LogP contribution in [0.4, 0.5) is 0 Å². The molecule has 1 heterocycles. The number of carbonyl (C=O) groups is 1. The van der Waals surface area contributed by atoms with Crippen molar-refractivity contribution in [1.29, 1.82) is 0 Å². The van der Waals surface area contributed by atoms with Crippen LogP contribution in [-0.4, -0.2) is 18.2 Å². The minimum atomic E-state index is -0.463. The molecular formula is C13H12O5. The van der Waals surface area contributed by atoms with Crippen molar-refractivity contribution in [3.05, 3.63) is 42.4 Å². The molecule has 1 aromatic carbocycles. The summed E-state index contributed by atoms with van der Waals surface area (Å²) in [6, 6.07) is 7.76. The van der Waals surface area contributed by atoms with E-state index in [1.165, 1.54) is 25.5 Å². The summed E-state index contributed by atoms with van der Waals surface area (Å²) in [5.74, 6) is 0.554. The highest BCUT2D eigenvalue weighted by molar-refractivity contribution is 5.74. The number of aromatic hydroxyl groups is 1. The highest BCUT2D eigenvalue weighted by Crippen LogP contribution is 2.29. The molecule has 18 heavy (non-hydrogen) atoms. The van der Waals surface area contributed by atoms with Gasteiger partial charge in [0.15, 0.2) is 11.5 Å². The maximum absolute atomic E-state index is 11.6. The van der Waals surface area contributed by atoms with Crippen LogP contribution in [0.1, 0.15) is 5.76 Å². The van der Waals surface area contributed by atoms with E-state index in [0.717, 1.165) is 0 Å². The van der Waals surface area contributed by atoms with Crippen molar-refractivity contribution < 1.29 is 23.8 Å². The van der Waals surface area contributed by atoms with Gasteiger partial charge in [0.25, 0.3) is 0 Å². The number of methoxy groups -OCH3 is 1. The molecule has 0 bridgehead atoms. The van der Waals surface area contributed by atoms with Crippen LogP contribution < -0.4 is 9.47 Å². The third kappa shape index (κ3) is 2.82. The standard InChI is InChI=1S/C13H12O5/c1-16-12-5-4-10(7-11(12)14)18-13(15)8-9-3-2-6-17-9/h2-7,14H,8H2,1H3. The Bertz CT molecular complexity index is 530. The molecule has 0 aliphatic rings. The normalized spacial score (nSPS) is 10.1. The largest absolute Gasteiger partial charge is 0.504 e. The van der Waals surface area contributed by atoms with Gasteiger partial charge in [-0.15, -0.1) is 0 Å². The van der Waals surface area contributed by atoms with Gasteiger partial charge in [0, 0.05) is 6.07 Å². The lowest BCUT2D eigenvalue weighted by Gasteiger charge is -2.06. The molecule has 0 atom stereocenters. The van der Waals surface area contributed by atoms with Crippen LogP contribution in [0.2, 0.25) is 0 Å². The maximum atomic E-state index is 11.6. The molecule has 2 rings (SSSR count). The fraction of sp³-hybridized carbons (Fsp3) is 0.154. The van der Waals surface area contributed by atoms with Gasteiger partial charge in [-0.25, -0.2) is 0 Å². The van der Waals surface area contributed by atoms with Crippen LogP contribution in [0.3, 0.4) is 0 Å². The van der Waals surface area contributed by atoms with Crippen molar-refractivity contribution >= 4 is 5.97 Å². The minimum absolute atomic E-state index is 0.0415. The molecule has 0 aliphatic carbocycles. The smallest absolute Gasteiger partial charge is 0.318 e. The summed E-state index contributed by atoms with van der Waals surface area (Å²) in [4.78, 5) is 11.6. The van der Waals surface area contributed by atoms with Crippen molar-refractivity contribution in [3.8, 4) is 17.2 Å². The Balaban J connectivity index is 2.01. The Morgan fingerprint density at radius 2 is 2.22 bits per heavy atom. The summed E-state index contributed by atoms with van der Waals surface area (Å²) in [6.45, 7) is 0. The SMILES string of the molecule is COc1ccc(OC(=O)Cc2ccco2)cc1O. The predicted octanol–water partition coefficient (Wildman–Crippen LogP) is 2.14. The second-order valence-electron chi connectivity index (χ2n) is 3.56. The van der Waals surface area contributed by atoms with E-state index in [1.54, 1.807) is 18.2 Å². The van der Waals surface area contributed by atoms with E-state index < -0.39 is 5.97 Å². The van der Waals surface area contributed by atoms with Crippen LogP contribution in [0.5, 0.6) is 17.2 Å². The zero-order valence-corrected chi connectivity index (χ0v) is 9.75. The number of esters is 1. The molecule has 0 fully saturated rings. The quantitative estimate of drug-likeness (QED) is 0.663. The molecule has 94 valence electrons. The van der Waals surface area contributed by atoms with Crippen LogP contribution >= 0.6 is 0 Å². The number of furan rings is 1. The monoisotopic (exact) mass is 248 g/mol. The van der Waals surface area contributed by atoms with Gasteiger partial charge in [0.1, 0.15) is 17.9 Å². The predicted molar refractivity (Wildman–Crippen MR) is 62.7 cm³/mol. The third-order valence-electron chi connectivity index (χ3n) is 2.28. The number of rotatable bonds is 4. The molecule has 0 unspecified atom stereocenters. The number of ether oxygens (including phenoxy) is 2. The van der Waals surface area contributed by atoms with Crippen molar-refractivity contribution in [1.82, 2.24) is 0 Å². The van der Waals surface area contributed by atoms with Crippen molar-refractivity contribution in [2.45, 2.75) is 6.42 Å². The number of hydrogen-bond donors (Lipinski definition) is 1. The molecule has 0 saturated carbocycles. The number of benzene rings is 1. The van der Waals surface area contributed by atoms with Crippen LogP contribution in [0.15, 0.2) is 41.0 Å². The van der Waals surface area contributed by atoms with Gasteiger partial charge < -0.3 is 19.0 Å². The molecular weight excluding hydrogens is 236 g/mol. The van der Waals surface area contributed by atoms with Gasteiger partial charge in [-0.1, -0.05) is 0 Å². The molecule has 2 aromatic rings. The average Bonchev–Trinajstić information content (AvgIpc) is 2.82. The second kappa shape index (κ2) is 5.27. The van der Waals surface area contributed by atoms with Crippen molar-refractivity contribution in [2.24, 2.45) is 0 Å². The van der Waals surface area contributed by atoms with E-state index in [2.05, 4.69) is 0 Å². The molecule has 1 aromatic heterocycles. The minimum Gasteiger partial charge on any atom is -0.504 e. The molecule has 0 saturated heterocycles. The highest BCUT2D eigenvalue weighted by atomic mass is 16.5. The first-order chi connectivity index (χ1) is 8.69. The lowest BCUT2D eigenvalue weighted by atomic mass is 10.3. The van der Waals surface area contributed by atoms with E-state index in [-0.39, 0.29) is 17.9 Å². The first-order valence-electron chi connectivity index (χ1n) is 5.29. The Morgan fingerprint density at radius 1 is 1.39 bits per heavy atom. The lowest BCUT2D eigenvalue weighted by Crippen LogP contribution is -2.10. The first-order valence-corrected chi connectivity index (χ1v) is 5.29. The molecule has 1 N–H and O–H groups in total. The van der Waals surface area contributed by atoms with Crippen LogP contribution in [0.25, 0.3) is 0 Å². The van der Waals surface area contributed by atoms with E-state index in [9.17, 15) is 9.90 Å². The average molecular weight is 248 g/mol. The fourth-order valence-electron chi connectivity index (χ4n) is 1.46. The maximum Gasteiger partial charge on any atom is 0.318 e. The molecule has 5 heteroatoms. The van der Waals surface area contributed by atoms with E-state index in [1.807, 2.05) is 0 Å².